The van der Waals surface area contributed by atoms with Crippen LogP contribution in [0.4, 0.5) is 10.8 Å². The molecule has 7 heteroatoms. The number of anilines is 2. The van der Waals surface area contributed by atoms with Crippen molar-refractivity contribution in [2.24, 2.45) is 0 Å². The van der Waals surface area contributed by atoms with Crippen molar-refractivity contribution in [3.8, 4) is 6.07 Å². The van der Waals surface area contributed by atoms with Gasteiger partial charge in [-0.1, -0.05) is 41.1 Å². The summed E-state index contributed by atoms with van der Waals surface area (Å²) in [5, 5.41) is 10.3. The quantitative estimate of drug-likeness (QED) is 0.494. The maximum absolute atomic E-state index is 11.1. The molecular weight excluding hydrogens is 422 g/mol. The van der Waals surface area contributed by atoms with Crippen molar-refractivity contribution < 1.29 is 4.79 Å². The Morgan fingerprint density at radius 3 is 2.56 bits per heavy atom. The molecule has 25 heavy (non-hydrogen) atoms. The van der Waals surface area contributed by atoms with Gasteiger partial charge in [0.25, 0.3) is 0 Å². The highest BCUT2D eigenvalue weighted by molar-refractivity contribution is 9.11. The van der Waals surface area contributed by atoms with E-state index in [1.807, 2.05) is 41.3 Å². The second kappa shape index (κ2) is 7.79. The molecule has 0 unspecified atom stereocenters. The van der Waals surface area contributed by atoms with Crippen LogP contribution in [0.15, 0.2) is 52.3 Å². The van der Waals surface area contributed by atoms with Crippen LogP contribution in [0.1, 0.15) is 21.6 Å². The topological polar surface area (TPSA) is 57.0 Å². The first-order chi connectivity index (χ1) is 12.1. The molecule has 2 aromatic carbocycles. The van der Waals surface area contributed by atoms with E-state index >= 15 is 0 Å². The Bertz CT molecular complexity index is 950. The molecular formula is C18H11BrClN3OS. The molecule has 0 spiro atoms. The molecule has 1 aromatic heterocycles. The Balaban J connectivity index is 2.05. The van der Waals surface area contributed by atoms with Crippen molar-refractivity contribution in [1.82, 2.24) is 4.98 Å². The summed E-state index contributed by atoms with van der Waals surface area (Å²) in [4.78, 5) is 17.5. The van der Waals surface area contributed by atoms with Crippen molar-refractivity contribution in [3.63, 3.8) is 0 Å². The maximum atomic E-state index is 11.1. The zero-order valence-corrected chi connectivity index (χ0v) is 16.0. The monoisotopic (exact) mass is 431 g/mol. The number of hydrogen-bond donors (Lipinski definition) is 0. The molecule has 0 aliphatic carbocycles. The normalized spacial score (nSPS) is 10.3. The molecule has 4 nitrogen and oxygen atoms in total. The maximum Gasteiger partial charge on any atom is 0.191 e. The largest absolute Gasteiger partial charge is 0.313 e. The van der Waals surface area contributed by atoms with Crippen LogP contribution >= 0.6 is 38.9 Å². The van der Waals surface area contributed by atoms with Crippen LogP contribution < -0.4 is 4.90 Å². The Kier molecular flexibility index (Phi) is 5.49. The summed E-state index contributed by atoms with van der Waals surface area (Å²) in [7, 11) is 0. The molecule has 0 amide bonds. The number of aldehydes is 1. The number of carbonyl (C=O) groups excluding carboxylic acids is 1. The van der Waals surface area contributed by atoms with Gasteiger partial charge in [-0.2, -0.15) is 5.26 Å². The van der Waals surface area contributed by atoms with E-state index in [0.29, 0.717) is 31.7 Å². The number of thiazole rings is 1. The Hall–Kier alpha value is -2.20. The molecule has 1 heterocycles. The third kappa shape index (κ3) is 3.90. The highest BCUT2D eigenvalue weighted by Crippen LogP contribution is 2.36. The first kappa shape index (κ1) is 17.6. The van der Waals surface area contributed by atoms with Gasteiger partial charge in [0.05, 0.1) is 18.2 Å². The molecule has 0 N–H and O–H groups in total. The van der Waals surface area contributed by atoms with Crippen molar-refractivity contribution >= 4 is 56.0 Å². The van der Waals surface area contributed by atoms with E-state index in [9.17, 15) is 4.79 Å². The van der Waals surface area contributed by atoms with Crippen molar-refractivity contribution in [2.75, 3.05) is 4.90 Å². The predicted molar refractivity (Wildman–Crippen MR) is 104 cm³/mol. The van der Waals surface area contributed by atoms with Gasteiger partial charge in [-0.25, -0.2) is 4.98 Å². The van der Waals surface area contributed by atoms with Crippen LogP contribution in [0.25, 0.3) is 0 Å². The Labute approximate surface area is 162 Å². The molecule has 0 fully saturated rings. The molecule has 3 rings (SSSR count). The Morgan fingerprint density at radius 2 is 1.96 bits per heavy atom. The molecule has 0 saturated heterocycles. The van der Waals surface area contributed by atoms with Crippen LogP contribution in [0.5, 0.6) is 0 Å². The fourth-order valence-electron chi connectivity index (χ4n) is 2.27. The average molecular weight is 433 g/mol. The average Bonchev–Trinajstić information content (AvgIpc) is 3.01. The zero-order chi connectivity index (χ0) is 17.8. The van der Waals surface area contributed by atoms with Crippen molar-refractivity contribution in [2.45, 2.75) is 6.54 Å². The SMILES string of the molecule is N#Cc1ccc(N(Cc2ccccc2Cl)c2nc(C=O)c(Br)s2)cc1. The number of nitrogens with zero attached hydrogens (tertiary/aromatic N) is 3. The number of aromatic nitrogens is 1. The summed E-state index contributed by atoms with van der Waals surface area (Å²) < 4.78 is 0.676. The van der Waals surface area contributed by atoms with E-state index in [-0.39, 0.29) is 0 Å². The number of rotatable bonds is 5. The standard InChI is InChI=1S/C18H11BrClN3OS/c19-17-16(11-24)22-18(25-17)23(10-13-3-1-2-4-15(13)20)14-7-5-12(9-21)6-8-14/h1-8,11H,10H2. The van der Waals surface area contributed by atoms with Gasteiger partial charge in [-0.05, 0) is 51.8 Å². The molecule has 0 aliphatic heterocycles. The molecule has 0 aliphatic rings. The van der Waals surface area contributed by atoms with Crippen LogP contribution in [0, 0.1) is 11.3 Å². The van der Waals surface area contributed by atoms with E-state index in [0.717, 1.165) is 17.5 Å². The molecule has 124 valence electrons. The zero-order valence-electron chi connectivity index (χ0n) is 12.8. The molecule has 3 aromatic rings. The lowest BCUT2D eigenvalue weighted by Crippen LogP contribution is -2.16. The first-order valence-corrected chi connectivity index (χ1v) is 9.23. The first-order valence-electron chi connectivity index (χ1n) is 7.25. The third-order valence-corrected chi connectivity index (χ3v) is 5.68. The predicted octanol–water partition coefficient (Wildman–Crippen LogP) is 5.58. The van der Waals surface area contributed by atoms with E-state index in [2.05, 4.69) is 27.0 Å². The number of hydrogen-bond acceptors (Lipinski definition) is 5. The number of benzene rings is 2. The molecule has 0 atom stereocenters. The fourth-order valence-corrected chi connectivity index (χ4v) is 3.87. The van der Waals surface area contributed by atoms with Crippen molar-refractivity contribution in [1.29, 1.82) is 5.26 Å². The lowest BCUT2D eigenvalue weighted by atomic mass is 10.1. The van der Waals surface area contributed by atoms with Crippen LogP contribution in [0.2, 0.25) is 5.02 Å². The fraction of sp³-hybridized carbons (Fsp3) is 0.0556. The Morgan fingerprint density at radius 1 is 1.24 bits per heavy atom. The minimum absolute atomic E-state index is 0.359. The summed E-state index contributed by atoms with van der Waals surface area (Å²) in [5.41, 5.74) is 2.73. The summed E-state index contributed by atoms with van der Waals surface area (Å²) in [6.45, 7) is 0.490. The smallest absolute Gasteiger partial charge is 0.191 e. The van der Waals surface area contributed by atoms with Gasteiger partial charge in [-0.3, -0.25) is 4.79 Å². The third-order valence-electron chi connectivity index (χ3n) is 3.54. The van der Waals surface area contributed by atoms with Gasteiger partial charge in [-0.15, -0.1) is 0 Å². The summed E-state index contributed by atoms with van der Waals surface area (Å²) >= 11 is 11.0. The van der Waals surface area contributed by atoms with E-state index in [1.54, 1.807) is 12.1 Å². The van der Waals surface area contributed by atoms with Gasteiger partial charge >= 0.3 is 0 Å². The van der Waals surface area contributed by atoms with Gasteiger partial charge < -0.3 is 4.90 Å². The van der Waals surface area contributed by atoms with Crippen molar-refractivity contribution in [3.05, 3.63) is 74.2 Å². The molecule has 0 bridgehead atoms. The van der Waals surface area contributed by atoms with Gasteiger partial charge in [0.2, 0.25) is 0 Å². The minimum atomic E-state index is 0.359. The van der Waals surface area contributed by atoms with Crippen LogP contribution in [0.3, 0.4) is 0 Å². The van der Waals surface area contributed by atoms with Crippen LogP contribution in [-0.4, -0.2) is 11.3 Å². The lowest BCUT2D eigenvalue weighted by molar-refractivity contribution is 0.111. The summed E-state index contributed by atoms with van der Waals surface area (Å²) in [5.74, 6) is 0. The van der Waals surface area contributed by atoms with Crippen LogP contribution in [-0.2, 0) is 6.54 Å². The number of carbonyl (C=O) groups is 1. The number of nitriles is 1. The number of halogens is 2. The van der Waals surface area contributed by atoms with E-state index in [1.165, 1.54) is 11.3 Å². The summed E-state index contributed by atoms with van der Waals surface area (Å²) in [6, 6.07) is 16.9. The highest BCUT2D eigenvalue weighted by atomic mass is 79.9. The van der Waals surface area contributed by atoms with Gasteiger partial charge in [0.15, 0.2) is 11.4 Å². The second-order valence-corrected chi connectivity index (χ2v) is 7.81. The molecule has 0 radical (unpaired) electrons. The highest BCUT2D eigenvalue weighted by Gasteiger charge is 2.18. The van der Waals surface area contributed by atoms with E-state index in [4.69, 9.17) is 16.9 Å². The summed E-state index contributed by atoms with van der Waals surface area (Å²) in [6.07, 6.45) is 0.719. The van der Waals surface area contributed by atoms with E-state index < -0.39 is 0 Å². The van der Waals surface area contributed by atoms with Gasteiger partial charge in [0, 0.05) is 10.7 Å². The minimum Gasteiger partial charge on any atom is -0.313 e. The van der Waals surface area contributed by atoms with Gasteiger partial charge in [0.1, 0.15) is 9.48 Å². The second-order valence-electron chi connectivity index (χ2n) is 5.11. The lowest BCUT2D eigenvalue weighted by Gasteiger charge is -2.22. The molecule has 0 saturated carbocycles.